The van der Waals surface area contributed by atoms with E-state index in [1.54, 1.807) is 36.2 Å². The lowest BCUT2D eigenvalue weighted by atomic mass is 10.2. The number of aldehydes is 1. The molecule has 2 aromatic carbocycles. The minimum Gasteiger partial charge on any atom is -0.483 e. The van der Waals surface area contributed by atoms with E-state index in [1.165, 1.54) is 0 Å². The average Bonchev–Trinajstić information content (AvgIpc) is 2.54. The smallest absolute Gasteiger partial charge is 0.260 e. The molecule has 2 aromatic rings. The van der Waals surface area contributed by atoms with Crippen LogP contribution < -0.4 is 4.74 Å². The number of carbonyl (C=O) groups is 2. The molecule has 4 nitrogen and oxygen atoms in total. The van der Waals surface area contributed by atoms with Crippen molar-refractivity contribution in [3.63, 3.8) is 0 Å². The summed E-state index contributed by atoms with van der Waals surface area (Å²) in [5.74, 6) is 0.270. The lowest BCUT2D eigenvalue weighted by Crippen LogP contribution is -2.31. The van der Waals surface area contributed by atoms with Gasteiger partial charge in [-0.25, -0.2) is 0 Å². The lowest BCUT2D eigenvalue weighted by molar-refractivity contribution is -0.132. The molecule has 5 heteroatoms. The van der Waals surface area contributed by atoms with Gasteiger partial charge in [0.05, 0.1) is 5.56 Å². The van der Waals surface area contributed by atoms with Crippen molar-refractivity contribution in [3.8, 4) is 5.75 Å². The van der Waals surface area contributed by atoms with Crippen LogP contribution in [0.2, 0.25) is 0 Å². The maximum Gasteiger partial charge on any atom is 0.260 e. The highest BCUT2D eigenvalue weighted by Gasteiger charge is 2.11. The molecule has 0 saturated carbocycles. The van der Waals surface area contributed by atoms with Gasteiger partial charge in [0.2, 0.25) is 0 Å². The Morgan fingerprint density at radius 3 is 2.55 bits per heavy atom. The fourth-order valence-corrected chi connectivity index (χ4v) is 2.18. The minimum absolute atomic E-state index is 0.0993. The second kappa shape index (κ2) is 7.75. The summed E-state index contributed by atoms with van der Waals surface area (Å²) in [6.45, 7) is 0.405. The fourth-order valence-electron chi connectivity index (χ4n) is 1.91. The first-order chi connectivity index (χ1) is 10.6. The zero-order valence-corrected chi connectivity index (χ0v) is 13.7. The zero-order chi connectivity index (χ0) is 15.9. The van der Waals surface area contributed by atoms with E-state index in [0.717, 1.165) is 10.0 Å². The van der Waals surface area contributed by atoms with Crippen LogP contribution in [0.4, 0.5) is 0 Å². The Hall–Kier alpha value is -2.14. The molecule has 0 aliphatic carbocycles. The van der Waals surface area contributed by atoms with Gasteiger partial charge in [-0.15, -0.1) is 0 Å². The standard InChI is InChI=1S/C17H16BrNO3/c1-19(10-13-6-8-15(18)9-7-13)17(21)12-22-16-5-3-2-4-14(16)11-20/h2-9,11H,10,12H2,1H3. The molecular weight excluding hydrogens is 346 g/mol. The van der Waals surface area contributed by atoms with Crippen LogP contribution in [0.5, 0.6) is 5.75 Å². The Labute approximate surface area is 137 Å². The molecule has 0 aromatic heterocycles. The van der Waals surface area contributed by atoms with E-state index in [0.29, 0.717) is 24.1 Å². The second-order valence-corrected chi connectivity index (χ2v) is 5.74. The number of para-hydroxylation sites is 1. The van der Waals surface area contributed by atoms with Crippen molar-refractivity contribution in [1.29, 1.82) is 0 Å². The van der Waals surface area contributed by atoms with Gasteiger partial charge in [-0.2, -0.15) is 0 Å². The van der Waals surface area contributed by atoms with E-state index in [4.69, 9.17) is 4.74 Å². The van der Waals surface area contributed by atoms with Crippen molar-refractivity contribution in [3.05, 3.63) is 64.1 Å². The summed E-state index contributed by atoms with van der Waals surface area (Å²) < 4.78 is 6.44. The Morgan fingerprint density at radius 1 is 1.18 bits per heavy atom. The predicted molar refractivity (Wildman–Crippen MR) is 87.9 cm³/mol. The third-order valence-corrected chi connectivity index (χ3v) is 3.68. The number of nitrogens with zero attached hydrogens (tertiary/aromatic N) is 1. The highest BCUT2D eigenvalue weighted by atomic mass is 79.9. The summed E-state index contributed by atoms with van der Waals surface area (Å²) in [4.78, 5) is 24.6. The van der Waals surface area contributed by atoms with Crippen molar-refractivity contribution in [2.24, 2.45) is 0 Å². The summed E-state index contributed by atoms with van der Waals surface area (Å²) >= 11 is 3.38. The van der Waals surface area contributed by atoms with Crippen molar-refractivity contribution in [1.82, 2.24) is 4.90 Å². The highest BCUT2D eigenvalue weighted by Crippen LogP contribution is 2.16. The fraction of sp³-hybridized carbons (Fsp3) is 0.176. The molecule has 0 radical (unpaired) electrons. The Bertz CT molecular complexity index is 655. The number of likely N-dealkylation sites (N-methyl/N-ethyl adjacent to an activating group) is 1. The normalized spacial score (nSPS) is 10.1. The molecule has 0 aliphatic heterocycles. The molecule has 0 atom stereocenters. The molecule has 0 N–H and O–H groups in total. The molecule has 22 heavy (non-hydrogen) atoms. The topological polar surface area (TPSA) is 46.6 Å². The third kappa shape index (κ3) is 4.43. The summed E-state index contributed by atoms with van der Waals surface area (Å²) in [6, 6.07) is 14.6. The van der Waals surface area contributed by atoms with E-state index < -0.39 is 0 Å². The van der Waals surface area contributed by atoms with Crippen LogP contribution >= 0.6 is 15.9 Å². The number of rotatable bonds is 6. The number of ether oxygens (including phenoxy) is 1. The van der Waals surface area contributed by atoms with Crippen molar-refractivity contribution >= 4 is 28.1 Å². The van der Waals surface area contributed by atoms with Crippen LogP contribution in [-0.4, -0.2) is 30.7 Å². The zero-order valence-electron chi connectivity index (χ0n) is 12.2. The molecule has 114 valence electrons. The van der Waals surface area contributed by atoms with Gasteiger partial charge in [-0.1, -0.05) is 40.2 Å². The van der Waals surface area contributed by atoms with Crippen molar-refractivity contribution in [2.45, 2.75) is 6.54 Å². The summed E-state index contributed by atoms with van der Waals surface area (Å²) in [7, 11) is 1.72. The molecule has 0 fully saturated rings. The molecule has 0 unspecified atom stereocenters. The number of carbonyl (C=O) groups excluding carboxylic acids is 2. The van der Waals surface area contributed by atoms with E-state index >= 15 is 0 Å². The predicted octanol–water partition coefficient (Wildman–Crippen LogP) is 3.30. The van der Waals surface area contributed by atoms with Gasteiger partial charge < -0.3 is 9.64 Å². The van der Waals surface area contributed by atoms with Crippen LogP contribution in [0.15, 0.2) is 53.0 Å². The first kappa shape index (κ1) is 16.2. The van der Waals surface area contributed by atoms with E-state index in [9.17, 15) is 9.59 Å². The van der Waals surface area contributed by atoms with Gasteiger partial charge in [0.1, 0.15) is 5.75 Å². The van der Waals surface area contributed by atoms with E-state index in [-0.39, 0.29) is 12.5 Å². The molecular formula is C17H16BrNO3. The van der Waals surface area contributed by atoms with Crippen molar-refractivity contribution in [2.75, 3.05) is 13.7 Å². The molecule has 0 heterocycles. The molecule has 2 rings (SSSR count). The first-order valence-electron chi connectivity index (χ1n) is 6.75. The monoisotopic (exact) mass is 361 g/mol. The number of amides is 1. The quantitative estimate of drug-likeness (QED) is 0.741. The van der Waals surface area contributed by atoms with Crippen LogP contribution in [0.3, 0.4) is 0 Å². The Balaban J connectivity index is 1.91. The number of hydrogen-bond donors (Lipinski definition) is 0. The van der Waals surface area contributed by atoms with Gasteiger partial charge in [0.15, 0.2) is 12.9 Å². The Kier molecular flexibility index (Phi) is 5.72. The number of hydrogen-bond acceptors (Lipinski definition) is 3. The third-order valence-electron chi connectivity index (χ3n) is 3.16. The number of benzene rings is 2. The molecule has 0 aliphatic rings. The van der Waals surface area contributed by atoms with Gasteiger partial charge in [0.25, 0.3) is 5.91 Å². The van der Waals surface area contributed by atoms with E-state index in [2.05, 4.69) is 15.9 Å². The summed E-state index contributed by atoms with van der Waals surface area (Å²) in [6.07, 6.45) is 0.714. The molecule has 0 bridgehead atoms. The van der Waals surface area contributed by atoms with Gasteiger partial charge in [-0.3, -0.25) is 9.59 Å². The van der Waals surface area contributed by atoms with Crippen molar-refractivity contribution < 1.29 is 14.3 Å². The number of halogens is 1. The summed E-state index contributed by atoms with van der Waals surface area (Å²) in [5.41, 5.74) is 1.47. The van der Waals surface area contributed by atoms with E-state index in [1.807, 2.05) is 24.3 Å². The van der Waals surface area contributed by atoms with Crippen LogP contribution in [-0.2, 0) is 11.3 Å². The SMILES string of the molecule is CN(Cc1ccc(Br)cc1)C(=O)COc1ccccc1C=O. The van der Waals surface area contributed by atoms with Crippen LogP contribution in [0, 0.1) is 0 Å². The van der Waals surface area contributed by atoms with Crippen LogP contribution in [0.1, 0.15) is 15.9 Å². The second-order valence-electron chi connectivity index (χ2n) is 4.82. The minimum atomic E-state index is -0.149. The summed E-state index contributed by atoms with van der Waals surface area (Å²) in [5, 5.41) is 0. The lowest BCUT2D eigenvalue weighted by Gasteiger charge is -2.18. The molecule has 0 saturated heterocycles. The van der Waals surface area contributed by atoms with Gasteiger partial charge in [-0.05, 0) is 29.8 Å². The average molecular weight is 362 g/mol. The maximum absolute atomic E-state index is 12.1. The molecule has 0 spiro atoms. The highest BCUT2D eigenvalue weighted by molar-refractivity contribution is 9.10. The maximum atomic E-state index is 12.1. The molecule has 1 amide bonds. The largest absolute Gasteiger partial charge is 0.483 e. The first-order valence-corrected chi connectivity index (χ1v) is 7.55. The van der Waals surface area contributed by atoms with Gasteiger partial charge in [0, 0.05) is 18.1 Å². The van der Waals surface area contributed by atoms with Crippen LogP contribution in [0.25, 0.3) is 0 Å². The Morgan fingerprint density at radius 2 is 1.86 bits per heavy atom. The van der Waals surface area contributed by atoms with Gasteiger partial charge >= 0.3 is 0 Å².